The van der Waals surface area contributed by atoms with Crippen molar-refractivity contribution < 1.29 is 28.5 Å². The summed E-state index contributed by atoms with van der Waals surface area (Å²) in [5.74, 6) is 0.306. The van der Waals surface area contributed by atoms with Gasteiger partial charge in [0.15, 0.2) is 12.2 Å². The van der Waals surface area contributed by atoms with Crippen molar-refractivity contribution >= 4 is 11.9 Å². The summed E-state index contributed by atoms with van der Waals surface area (Å²) in [7, 11) is 0. The van der Waals surface area contributed by atoms with E-state index in [1.807, 2.05) is 13.8 Å². The summed E-state index contributed by atoms with van der Waals surface area (Å²) in [5, 5.41) is 0. The fourth-order valence-corrected chi connectivity index (χ4v) is 1.99. The van der Waals surface area contributed by atoms with Crippen molar-refractivity contribution in [3.63, 3.8) is 0 Å². The molecule has 0 saturated carbocycles. The van der Waals surface area contributed by atoms with Gasteiger partial charge in [-0.05, 0) is 51.0 Å². The highest BCUT2D eigenvalue weighted by Crippen LogP contribution is 2.21. The number of ether oxygens (including phenoxy) is 4. The first kappa shape index (κ1) is 19.8. The van der Waals surface area contributed by atoms with Crippen molar-refractivity contribution in [3.8, 4) is 11.5 Å². The number of esters is 2. The van der Waals surface area contributed by atoms with Gasteiger partial charge < -0.3 is 18.9 Å². The summed E-state index contributed by atoms with van der Waals surface area (Å²) in [6, 6.07) is 6.76. The smallest absolute Gasteiger partial charge is 0.347 e. The SMILES string of the molecule is CCOC(=O)C(CC)Oc1ccc(OC(CC)C(=O)OCC)cc1. The molecule has 0 spiro atoms. The summed E-state index contributed by atoms with van der Waals surface area (Å²) in [6.07, 6.45) is -0.255. The minimum atomic E-state index is -0.639. The van der Waals surface area contributed by atoms with Crippen LogP contribution in [0, 0.1) is 0 Å². The molecule has 134 valence electrons. The largest absolute Gasteiger partial charge is 0.479 e. The Morgan fingerprint density at radius 2 is 1.08 bits per heavy atom. The number of carbonyl (C=O) groups excluding carboxylic acids is 2. The van der Waals surface area contributed by atoms with Crippen LogP contribution in [0.25, 0.3) is 0 Å². The fraction of sp³-hybridized carbons (Fsp3) is 0.556. The summed E-state index contributed by atoms with van der Waals surface area (Å²) >= 11 is 0. The van der Waals surface area contributed by atoms with Crippen molar-refractivity contribution in [2.45, 2.75) is 52.7 Å². The molecule has 0 bridgehead atoms. The van der Waals surface area contributed by atoms with Gasteiger partial charge in [-0.25, -0.2) is 9.59 Å². The molecule has 0 aliphatic rings. The number of rotatable bonds is 10. The third-order valence-corrected chi connectivity index (χ3v) is 3.22. The second kappa shape index (κ2) is 10.5. The lowest BCUT2D eigenvalue weighted by molar-refractivity contribution is -0.152. The van der Waals surface area contributed by atoms with E-state index in [9.17, 15) is 9.59 Å². The third-order valence-electron chi connectivity index (χ3n) is 3.22. The van der Waals surface area contributed by atoms with E-state index in [1.165, 1.54) is 0 Å². The van der Waals surface area contributed by atoms with E-state index in [-0.39, 0.29) is 11.9 Å². The normalized spacial score (nSPS) is 12.8. The Bertz CT molecular complexity index is 464. The number of benzene rings is 1. The molecule has 1 aromatic rings. The summed E-state index contributed by atoms with van der Waals surface area (Å²) in [5.41, 5.74) is 0. The van der Waals surface area contributed by atoms with Crippen LogP contribution in [0.15, 0.2) is 24.3 Å². The first-order valence-electron chi connectivity index (χ1n) is 8.32. The van der Waals surface area contributed by atoms with Crippen molar-refractivity contribution in [3.05, 3.63) is 24.3 Å². The van der Waals surface area contributed by atoms with Crippen molar-refractivity contribution in [2.75, 3.05) is 13.2 Å². The van der Waals surface area contributed by atoms with Crippen LogP contribution in [0.4, 0.5) is 0 Å². The van der Waals surface area contributed by atoms with Gasteiger partial charge in [0.2, 0.25) is 0 Å². The van der Waals surface area contributed by atoms with Gasteiger partial charge in [0, 0.05) is 0 Å². The molecule has 6 heteroatoms. The van der Waals surface area contributed by atoms with Gasteiger partial charge in [-0.1, -0.05) is 13.8 Å². The van der Waals surface area contributed by atoms with E-state index in [2.05, 4.69) is 0 Å². The summed E-state index contributed by atoms with van der Waals surface area (Å²) in [6.45, 7) is 7.85. The monoisotopic (exact) mass is 338 g/mol. The zero-order chi connectivity index (χ0) is 17.9. The molecule has 0 amide bonds. The van der Waals surface area contributed by atoms with Crippen LogP contribution in [0.5, 0.6) is 11.5 Å². The lowest BCUT2D eigenvalue weighted by Gasteiger charge is -2.18. The second-order valence-corrected chi connectivity index (χ2v) is 5.00. The molecule has 2 atom stereocenters. The van der Waals surface area contributed by atoms with Crippen molar-refractivity contribution in [1.82, 2.24) is 0 Å². The van der Waals surface area contributed by atoms with E-state index in [0.717, 1.165) is 0 Å². The van der Waals surface area contributed by atoms with Crippen molar-refractivity contribution in [1.29, 1.82) is 0 Å². The predicted molar refractivity (Wildman–Crippen MR) is 89.1 cm³/mol. The molecule has 0 aliphatic heterocycles. The zero-order valence-corrected chi connectivity index (χ0v) is 14.7. The molecule has 0 fully saturated rings. The molecule has 1 rings (SSSR count). The molecule has 2 unspecified atom stereocenters. The number of hydrogen-bond acceptors (Lipinski definition) is 6. The maximum absolute atomic E-state index is 11.7. The first-order valence-corrected chi connectivity index (χ1v) is 8.32. The highest BCUT2D eigenvalue weighted by molar-refractivity contribution is 5.75. The van der Waals surface area contributed by atoms with Gasteiger partial charge in [-0.3, -0.25) is 0 Å². The van der Waals surface area contributed by atoms with Gasteiger partial charge >= 0.3 is 11.9 Å². The Labute approximate surface area is 143 Å². The minimum absolute atomic E-state index is 0.317. The van der Waals surface area contributed by atoms with E-state index >= 15 is 0 Å². The highest BCUT2D eigenvalue weighted by atomic mass is 16.6. The first-order chi connectivity index (χ1) is 11.5. The minimum Gasteiger partial charge on any atom is -0.479 e. The Morgan fingerprint density at radius 3 is 1.33 bits per heavy atom. The van der Waals surface area contributed by atoms with Crippen LogP contribution in [0.1, 0.15) is 40.5 Å². The molecule has 0 saturated heterocycles. The molecule has 0 radical (unpaired) electrons. The van der Waals surface area contributed by atoms with E-state index in [0.29, 0.717) is 37.6 Å². The number of hydrogen-bond donors (Lipinski definition) is 0. The van der Waals surface area contributed by atoms with Crippen LogP contribution >= 0.6 is 0 Å². The Balaban J connectivity index is 2.67. The van der Waals surface area contributed by atoms with Gasteiger partial charge in [0.05, 0.1) is 13.2 Å². The fourth-order valence-electron chi connectivity index (χ4n) is 1.99. The Kier molecular flexibility index (Phi) is 8.68. The standard InChI is InChI=1S/C18H26O6/c1-5-15(17(19)21-7-3)23-13-9-11-14(12-10-13)24-16(6-2)18(20)22-8-4/h9-12,15-16H,5-8H2,1-4H3. The van der Waals surface area contributed by atoms with E-state index in [4.69, 9.17) is 18.9 Å². The van der Waals surface area contributed by atoms with Crippen LogP contribution in [0.3, 0.4) is 0 Å². The lowest BCUT2D eigenvalue weighted by atomic mass is 10.2. The highest BCUT2D eigenvalue weighted by Gasteiger charge is 2.21. The van der Waals surface area contributed by atoms with Gasteiger partial charge in [0.1, 0.15) is 11.5 Å². The topological polar surface area (TPSA) is 71.1 Å². The quantitative estimate of drug-likeness (QED) is 0.610. The average Bonchev–Trinajstić information content (AvgIpc) is 2.59. The van der Waals surface area contributed by atoms with Crippen LogP contribution in [0.2, 0.25) is 0 Å². The molecular formula is C18H26O6. The van der Waals surface area contributed by atoms with Crippen LogP contribution in [-0.4, -0.2) is 37.4 Å². The van der Waals surface area contributed by atoms with Crippen molar-refractivity contribution in [2.24, 2.45) is 0 Å². The second-order valence-electron chi connectivity index (χ2n) is 5.00. The lowest BCUT2D eigenvalue weighted by Crippen LogP contribution is -2.29. The van der Waals surface area contributed by atoms with E-state index in [1.54, 1.807) is 38.1 Å². The average molecular weight is 338 g/mol. The molecule has 24 heavy (non-hydrogen) atoms. The van der Waals surface area contributed by atoms with Gasteiger partial charge in [-0.15, -0.1) is 0 Å². The third kappa shape index (κ3) is 6.10. The number of carbonyl (C=O) groups is 2. The molecule has 0 aromatic heterocycles. The Hall–Kier alpha value is -2.24. The van der Waals surface area contributed by atoms with Crippen LogP contribution in [-0.2, 0) is 19.1 Å². The zero-order valence-electron chi connectivity index (χ0n) is 14.7. The maximum atomic E-state index is 11.7. The summed E-state index contributed by atoms with van der Waals surface area (Å²) in [4.78, 5) is 23.5. The van der Waals surface area contributed by atoms with Crippen LogP contribution < -0.4 is 9.47 Å². The maximum Gasteiger partial charge on any atom is 0.347 e. The molecular weight excluding hydrogens is 312 g/mol. The predicted octanol–water partition coefficient (Wildman–Crippen LogP) is 3.13. The summed E-state index contributed by atoms with van der Waals surface area (Å²) < 4.78 is 21.2. The Morgan fingerprint density at radius 1 is 0.750 bits per heavy atom. The molecule has 0 aliphatic carbocycles. The molecule has 0 N–H and O–H groups in total. The molecule has 0 heterocycles. The molecule has 1 aromatic carbocycles. The van der Waals surface area contributed by atoms with E-state index < -0.39 is 12.2 Å². The van der Waals surface area contributed by atoms with Gasteiger partial charge in [0.25, 0.3) is 0 Å². The molecule has 6 nitrogen and oxygen atoms in total. The van der Waals surface area contributed by atoms with Gasteiger partial charge in [-0.2, -0.15) is 0 Å².